The van der Waals surface area contributed by atoms with Crippen LogP contribution in [0.4, 0.5) is 17.3 Å². The van der Waals surface area contributed by atoms with Crippen LogP contribution in [0, 0.1) is 0 Å². The van der Waals surface area contributed by atoms with Crippen molar-refractivity contribution < 1.29 is 4.74 Å². The molecule has 6 heteroatoms. The minimum atomic E-state index is 0.571. The third-order valence-electron chi connectivity index (χ3n) is 6.33. The van der Waals surface area contributed by atoms with E-state index < -0.39 is 0 Å². The van der Waals surface area contributed by atoms with Crippen LogP contribution in [-0.4, -0.2) is 23.6 Å². The lowest BCUT2D eigenvalue weighted by Crippen LogP contribution is -2.10. The van der Waals surface area contributed by atoms with E-state index in [1.807, 2.05) is 24.3 Å². The van der Waals surface area contributed by atoms with Gasteiger partial charge in [-0.3, -0.25) is 0 Å². The number of aromatic nitrogens is 2. The van der Waals surface area contributed by atoms with E-state index in [0.717, 1.165) is 24.3 Å². The minimum absolute atomic E-state index is 0.571. The van der Waals surface area contributed by atoms with Crippen LogP contribution in [0.5, 0.6) is 5.75 Å². The molecule has 0 fully saturated rings. The van der Waals surface area contributed by atoms with E-state index in [4.69, 9.17) is 10.5 Å². The molecule has 0 saturated carbocycles. The highest BCUT2D eigenvalue weighted by molar-refractivity contribution is 5.73. The molecule has 34 heavy (non-hydrogen) atoms. The molecule has 1 aromatic heterocycles. The highest BCUT2D eigenvalue weighted by Gasteiger charge is 2.07. The second kappa shape index (κ2) is 17.9. The Morgan fingerprint density at radius 1 is 0.706 bits per heavy atom. The van der Waals surface area contributed by atoms with Gasteiger partial charge in [0.05, 0.1) is 7.11 Å². The molecule has 0 atom stereocenters. The van der Waals surface area contributed by atoms with Crippen LogP contribution in [0.25, 0.3) is 0 Å². The Morgan fingerprint density at radius 3 is 1.74 bits per heavy atom. The van der Waals surface area contributed by atoms with Crippen LogP contribution in [0.1, 0.15) is 102 Å². The van der Waals surface area contributed by atoms with Gasteiger partial charge in [0.25, 0.3) is 0 Å². The largest absolute Gasteiger partial charge is 0.497 e. The van der Waals surface area contributed by atoms with Gasteiger partial charge in [-0.15, -0.1) is 0 Å². The first kappa shape index (κ1) is 27.7. The van der Waals surface area contributed by atoms with E-state index in [0.29, 0.717) is 23.9 Å². The fraction of sp³-hybridized carbons (Fsp3) is 0.643. The van der Waals surface area contributed by atoms with Crippen molar-refractivity contribution in [2.24, 2.45) is 0 Å². The topological polar surface area (TPSA) is 85.1 Å². The lowest BCUT2D eigenvalue weighted by molar-refractivity contribution is 0.414. The average Bonchev–Trinajstić information content (AvgIpc) is 2.87. The van der Waals surface area contributed by atoms with Gasteiger partial charge in [-0.05, 0) is 24.1 Å². The van der Waals surface area contributed by atoms with Gasteiger partial charge in [-0.25, -0.2) is 9.97 Å². The summed E-state index contributed by atoms with van der Waals surface area (Å²) in [6.45, 7) is 3.81. The van der Waals surface area contributed by atoms with Crippen molar-refractivity contribution in [3.63, 3.8) is 0 Å². The molecular formula is C28H47N5O. The Hall–Kier alpha value is -2.50. The molecule has 6 nitrogen and oxygen atoms in total. The number of hydrogen-bond donors (Lipinski definition) is 3. The first-order chi connectivity index (χ1) is 16.7. The fourth-order valence-corrected chi connectivity index (χ4v) is 4.13. The number of nitrogens with one attached hydrogen (secondary N) is 2. The van der Waals surface area contributed by atoms with E-state index >= 15 is 0 Å². The number of hydrogen-bond acceptors (Lipinski definition) is 6. The molecular weight excluding hydrogens is 422 g/mol. The van der Waals surface area contributed by atoms with Gasteiger partial charge in [0.2, 0.25) is 0 Å². The molecule has 0 aliphatic carbocycles. The molecule has 2 aromatic rings. The average molecular weight is 470 g/mol. The molecule has 0 radical (unpaired) electrons. The maximum absolute atomic E-state index is 6.28. The van der Waals surface area contributed by atoms with Crippen molar-refractivity contribution in [2.75, 3.05) is 30.0 Å². The SMILES string of the molecule is CCCCCCCCCCCCCCCCNc1ncnc(NCc2ccc(OC)cc2)c1N. The smallest absolute Gasteiger partial charge is 0.155 e. The molecule has 0 amide bonds. The predicted octanol–water partition coefficient (Wildman–Crippen LogP) is 7.57. The molecule has 0 unspecified atom stereocenters. The Kier molecular flexibility index (Phi) is 14.6. The quantitative estimate of drug-likeness (QED) is 0.173. The van der Waals surface area contributed by atoms with Crippen molar-refractivity contribution in [3.05, 3.63) is 36.2 Å². The first-order valence-corrected chi connectivity index (χ1v) is 13.5. The van der Waals surface area contributed by atoms with Crippen molar-refractivity contribution in [3.8, 4) is 5.75 Å². The fourth-order valence-electron chi connectivity index (χ4n) is 4.13. The zero-order chi connectivity index (χ0) is 24.3. The summed E-state index contributed by atoms with van der Waals surface area (Å²) in [6.07, 6.45) is 20.7. The highest BCUT2D eigenvalue weighted by atomic mass is 16.5. The zero-order valence-electron chi connectivity index (χ0n) is 21.6. The van der Waals surface area contributed by atoms with Crippen LogP contribution in [0.3, 0.4) is 0 Å². The third-order valence-corrected chi connectivity index (χ3v) is 6.33. The van der Waals surface area contributed by atoms with Crippen LogP contribution >= 0.6 is 0 Å². The number of unbranched alkanes of at least 4 members (excludes halogenated alkanes) is 13. The van der Waals surface area contributed by atoms with Crippen molar-refractivity contribution in [1.29, 1.82) is 0 Å². The number of nitrogens with two attached hydrogens (primary N) is 1. The monoisotopic (exact) mass is 469 g/mol. The molecule has 0 aliphatic heterocycles. The Labute approximate surface area is 207 Å². The van der Waals surface area contributed by atoms with E-state index in [2.05, 4.69) is 27.5 Å². The van der Waals surface area contributed by atoms with Crippen LogP contribution < -0.4 is 21.1 Å². The lowest BCUT2D eigenvalue weighted by atomic mass is 10.0. The predicted molar refractivity (Wildman–Crippen MR) is 146 cm³/mol. The van der Waals surface area contributed by atoms with E-state index in [-0.39, 0.29) is 0 Å². The van der Waals surface area contributed by atoms with Crippen LogP contribution in [0.15, 0.2) is 30.6 Å². The second-order valence-corrected chi connectivity index (χ2v) is 9.21. The Balaban J connectivity index is 1.51. The Bertz CT molecular complexity index is 766. The normalized spacial score (nSPS) is 10.9. The highest BCUT2D eigenvalue weighted by Crippen LogP contribution is 2.23. The van der Waals surface area contributed by atoms with Crippen molar-refractivity contribution in [1.82, 2.24) is 9.97 Å². The maximum Gasteiger partial charge on any atom is 0.155 e. The second-order valence-electron chi connectivity index (χ2n) is 9.21. The number of benzene rings is 1. The third kappa shape index (κ3) is 11.6. The summed E-state index contributed by atoms with van der Waals surface area (Å²) in [7, 11) is 1.67. The molecule has 0 bridgehead atoms. The van der Waals surface area contributed by atoms with Gasteiger partial charge >= 0.3 is 0 Å². The first-order valence-electron chi connectivity index (χ1n) is 13.5. The number of anilines is 3. The van der Waals surface area contributed by atoms with Gasteiger partial charge in [0, 0.05) is 13.1 Å². The van der Waals surface area contributed by atoms with Crippen LogP contribution in [0.2, 0.25) is 0 Å². The standard InChI is InChI=1S/C28H47N5O/c1-3-4-5-6-7-8-9-10-11-12-13-14-15-16-21-30-27-26(29)28(33-23-32-27)31-22-24-17-19-25(34-2)20-18-24/h17-20,23H,3-16,21-22,29H2,1-2H3,(H2,30,31,32,33). The summed E-state index contributed by atoms with van der Waals surface area (Å²) in [5, 5.41) is 6.68. The number of nitrogens with zero attached hydrogens (tertiary/aromatic N) is 2. The van der Waals surface area contributed by atoms with Gasteiger partial charge in [0.1, 0.15) is 17.8 Å². The summed E-state index contributed by atoms with van der Waals surface area (Å²) >= 11 is 0. The van der Waals surface area contributed by atoms with Crippen LogP contribution in [-0.2, 0) is 6.54 Å². The Morgan fingerprint density at radius 2 is 1.21 bits per heavy atom. The molecule has 0 saturated heterocycles. The van der Waals surface area contributed by atoms with Gasteiger partial charge in [-0.2, -0.15) is 0 Å². The molecule has 2 rings (SSSR count). The number of methoxy groups -OCH3 is 1. The van der Waals surface area contributed by atoms with Crippen molar-refractivity contribution in [2.45, 2.75) is 103 Å². The molecule has 4 N–H and O–H groups in total. The summed E-state index contributed by atoms with van der Waals surface area (Å²) < 4.78 is 5.20. The molecule has 1 aromatic carbocycles. The molecule has 1 heterocycles. The van der Waals surface area contributed by atoms with Crippen molar-refractivity contribution >= 4 is 17.3 Å². The van der Waals surface area contributed by atoms with E-state index in [9.17, 15) is 0 Å². The zero-order valence-corrected chi connectivity index (χ0v) is 21.6. The lowest BCUT2D eigenvalue weighted by Gasteiger charge is -2.13. The summed E-state index contributed by atoms with van der Waals surface area (Å²) in [5.74, 6) is 2.22. The van der Waals surface area contributed by atoms with Gasteiger partial charge < -0.3 is 21.1 Å². The van der Waals surface area contributed by atoms with E-state index in [1.54, 1.807) is 13.4 Å². The summed E-state index contributed by atoms with van der Waals surface area (Å²) in [6, 6.07) is 7.95. The number of rotatable bonds is 20. The maximum atomic E-state index is 6.28. The van der Waals surface area contributed by atoms with Gasteiger partial charge in [0.15, 0.2) is 11.6 Å². The molecule has 0 spiro atoms. The number of nitrogen functional groups attached to an aromatic ring is 1. The van der Waals surface area contributed by atoms with Gasteiger partial charge in [-0.1, -0.05) is 103 Å². The van der Waals surface area contributed by atoms with E-state index in [1.165, 1.54) is 83.5 Å². The minimum Gasteiger partial charge on any atom is -0.497 e. The summed E-state index contributed by atoms with van der Waals surface area (Å²) in [4.78, 5) is 8.61. The molecule has 0 aliphatic rings. The summed E-state index contributed by atoms with van der Waals surface area (Å²) in [5.41, 5.74) is 7.99. The molecule has 190 valence electrons. The number of ether oxygens (including phenoxy) is 1.